The molecule has 2 saturated heterocycles. The van der Waals surface area contributed by atoms with Crippen LogP contribution in [0.2, 0.25) is 0 Å². The van der Waals surface area contributed by atoms with Gasteiger partial charge < -0.3 is 18.9 Å². The summed E-state index contributed by atoms with van der Waals surface area (Å²) < 4.78 is 34.2. The topological polar surface area (TPSA) is 36.9 Å². The number of methoxy groups -OCH3 is 1. The van der Waals surface area contributed by atoms with Gasteiger partial charge in [0.05, 0.1) is 6.61 Å². The maximum absolute atomic E-state index is 13.3. The molecule has 0 spiro atoms. The molecule has 0 bridgehead atoms. The third-order valence-electron chi connectivity index (χ3n) is 2.42. The van der Waals surface area contributed by atoms with E-state index in [1.165, 1.54) is 0 Å². The highest BCUT2D eigenvalue weighted by atomic mass is 19.1. The predicted molar refractivity (Wildman–Crippen MR) is 45.5 cm³/mol. The van der Waals surface area contributed by atoms with Crippen molar-refractivity contribution in [2.75, 3.05) is 13.7 Å². The molecule has 0 aromatic rings. The van der Waals surface area contributed by atoms with Crippen molar-refractivity contribution in [2.45, 2.75) is 44.3 Å². The van der Waals surface area contributed by atoms with Gasteiger partial charge in [0.1, 0.15) is 18.3 Å². The molecule has 0 radical (unpaired) electrons. The van der Waals surface area contributed by atoms with E-state index in [1.54, 1.807) is 21.0 Å². The molecule has 0 aromatic heterocycles. The van der Waals surface area contributed by atoms with Crippen LogP contribution in [0.3, 0.4) is 0 Å². The van der Waals surface area contributed by atoms with E-state index in [0.717, 1.165) is 0 Å². The van der Waals surface area contributed by atoms with Crippen LogP contribution >= 0.6 is 0 Å². The molecular weight excluding hydrogens is 191 g/mol. The fourth-order valence-corrected chi connectivity index (χ4v) is 1.93. The Balaban J connectivity index is 2.07. The van der Waals surface area contributed by atoms with E-state index in [2.05, 4.69) is 0 Å². The van der Waals surface area contributed by atoms with Gasteiger partial charge in [0.25, 0.3) is 0 Å². The lowest BCUT2D eigenvalue weighted by atomic mass is 10.1. The van der Waals surface area contributed by atoms with Crippen molar-refractivity contribution in [2.24, 2.45) is 0 Å². The number of hydrogen-bond acceptors (Lipinski definition) is 4. The molecule has 4 nitrogen and oxygen atoms in total. The summed E-state index contributed by atoms with van der Waals surface area (Å²) in [6.07, 6.45) is -2.77. The number of halogens is 1. The van der Waals surface area contributed by atoms with E-state index in [9.17, 15) is 4.39 Å². The van der Waals surface area contributed by atoms with Gasteiger partial charge in [0, 0.05) is 7.11 Å². The lowest BCUT2D eigenvalue weighted by Crippen LogP contribution is -2.32. The fourth-order valence-electron chi connectivity index (χ4n) is 1.93. The largest absolute Gasteiger partial charge is 0.382 e. The number of alkyl halides is 1. The number of fused-ring (bicyclic) bond motifs is 1. The lowest BCUT2D eigenvalue weighted by molar-refractivity contribution is -0.208. The fraction of sp³-hybridized carbons (Fsp3) is 1.00. The van der Waals surface area contributed by atoms with Crippen molar-refractivity contribution < 1.29 is 23.3 Å². The summed E-state index contributed by atoms with van der Waals surface area (Å²) in [4.78, 5) is 0. The minimum absolute atomic E-state index is 0.320. The molecule has 0 amide bonds. The Bertz CT molecular complexity index is 221. The summed E-state index contributed by atoms with van der Waals surface area (Å²) >= 11 is 0. The van der Waals surface area contributed by atoms with Crippen LogP contribution in [-0.4, -0.2) is 44.2 Å². The SMILES string of the molecule is COC[C@H]1O[C@@H](F)[C@@H]2OC(C)(C)O[C@@H]21. The van der Waals surface area contributed by atoms with E-state index in [0.29, 0.717) is 6.61 Å². The van der Waals surface area contributed by atoms with Crippen LogP contribution in [0.15, 0.2) is 0 Å². The molecule has 0 unspecified atom stereocenters. The molecule has 0 aliphatic carbocycles. The van der Waals surface area contributed by atoms with Crippen LogP contribution in [0, 0.1) is 0 Å². The average molecular weight is 206 g/mol. The van der Waals surface area contributed by atoms with Crippen LogP contribution in [0.5, 0.6) is 0 Å². The van der Waals surface area contributed by atoms with Gasteiger partial charge in [-0.2, -0.15) is 0 Å². The molecule has 5 heteroatoms. The Morgan fingerprint density at radius 2 is 1.93 bits per heavy atom. The predicted octanol–water partition coefficient (Wildman–Crippen LogP) is 0.847. The lowest BCUT2D eigenvalue weighted by Gasteiger charge is -2.21. The van der Waals surface area contributed by atoms with Gasteiger partial charge in [-0.3, -0.25) is 0 Å². The van der Waals surface area contributed by atoms with Crippen LogP contribution in [0.4, 0.5) is 4.39 Å². The Kier molecular flexibility index (Phi) is 2.51. The zero-order valence-corrected chi connectivity index (χ0v) is 8.53. The zero-order valence-electron chi connectivity index (χ0n) is 8.53. The normalized spacial score (nSPS) is 45.4. The van der Waals surface area contributed by atoms with Crippen molar-refractivity contribution in [3.05, 3.63) is 0 Å². The summed E-state index contributed by atoms with van der Waals surface area (Å²) in [6, 6.07) is 0. The van der Waals surface area contributed by atoms with Gasteiger partial charge in [-0.1, -0.05) is 0 Å². The number of rotatable bonds is 2. The minimum Gasteiger partial charge on any atom is -0.382 e. The summed E-state index contributed by atoms with van der Waals surface area (Å²) in [7, 11) is 1.55. The maximum atomic E-state index is 13.3. The Hall–Kier alpha value is -0.230. The van der Waals surface area contributed by atoms with Crippen molar-refractivity contribution >= 4 is 0 Å². The second-order valence-corrected chi connectivity index (χ2v) is 4.05. The molecule has 14 heavy (non-hydrogen) atoms. The first-order chi connectivity index (χ1) is 6.53. The van der Waals surface area contributed by atoms with Gasteiger partial charge >= 0.3 is 0 Å². The van der Waals surface area contributed by atoms with E-state index in [-0.39, 0.29) is 12.2 Å². The third-order valence-corrected chi connectivity index (χ3v) is 2.42. The molecule has 2 rings (SSSR count). The van der Waals surface area contributed by atoms with Gasteiger partial charge in [-0.25, -0.2) is 4.39 Å². The number of hydrogen-bond donors (Lipinski definition) is 0. The smallest absolute Gasteiger partial charge is 0.228 e. The highest BCUT2D eigenvalue weighted by Gasteiger charge is 2.55. The molecular formula is C9H15FO4. The molecule has 82 valence electrons. The molecule has 4 atom stereocenters. The number of ether oxygens (including phenoxy) is 4. The van der Waals surface area contributed by atoms with Crippen molar-refractivity contribution in [3.8, 4) is 0 Å². The van der Waals surface area contributed by atoms with Gasteiger partial charge in [-0.05, 0) is 13.8 Å². The highest BCUT2D eigenvalue weighted by Crippen LogP contribution is 2.38. The molecule has 0 saturated carbocycles. The van der Waals surface area contributed by atoms with E-state index >= 15 is 0 Å². The van der Waals surface area contributed by atoms with Gasteiger partial charge in [0.2, 0.25) is 6.36 Å². The van der Waals surface area contributed by atoms with Gasteiger partial charge in [0.15, 0.2) is 5.79 Å². The van der Waals surface area contributed by atoms with Crippen molar-refractivity contribution in [3.63, 3.8) is 0 Å². The monoisotopic (exact) mass is 206 g/mol. The molecule has 2 aliphatic heterocycles. The average Bonchev–Trinajstić information content (AvgIpc) is 2.51. The summed E-state index contributed by atoms with van der Waals surface area (Å²) in [5.74, 6) is -0.727. The second kappa shape index (κ2) is 3.41. The van der Waals surface area contributed by atoms with Crippen LogP contribution in [0.25, 0.3) is 0 Å². The first-order valence-electron chi connectivity index (χ1n) is 4.67. The standard InChI is InChI=1S/C9H15FO4/c1-9(2)13-6-5(4-11-3)12-8(10)7(6)14-9/h5-8H,4H2,1-3H3/t5-,6-,7-,8-/m1/s1. The molecule has 2 aliphatic rings. The maximum Gasteiger partial charge on any atom is 0.228 e. The third kappa shape index (κ3) is 1.65. The first-order valence-corrected chi connectivity index (χ1v) is 4.67. The van der Waals surface area contributed by atoms with Crippen LogP contribution in [-0.2, 0) is 18.9 Å². The summed E-state index contributed by atoms with van der Waals surface area (Å²) in [6.45, 7) is 3.85. The zero-order chi connectivity index (χ0) is 10.3. The molecule has 0 N–H and O–H groups in total. The summed E-state index contributed by atoms with van der Waals surface area (Å²) in [5, 5.41) is 0. The summed E-state index contributed by atoms with van der Waals surface area (Å²) in [5.41, 5.74) is 0. The van der Waals surface area contributed by atoms with Crippen LogP contribution < -0.4 is 0 Å². The van der Waals surface area contributed by atoms with E-state index in [4.69, 9.17) is 18.9 Å². The molecule has 0 aromatic carbocycles. The quantitative estimate of drug-likeness (QED) is 0.671. The first kappa shape index (κ1) is 10.3. The molecule has 2 heterocycles. The minimum atomic E-state index is -1.41. The van der Waals surface area contributed by atoms with E-state index in [1.807, 2.05) is 0 Å². The van der Waals surface area contributed by atoms with Crippen molar-refractivity contribution in [1.82, 2.24) is 0 Å². The molecule has 2 fully saturated rings. The van der Waals surface area contributed by atoms with Gasteiger partial charge in [-0.15, -0.1) is 0 Å². The second-order valence-electron chi connectivity index (χ2n) is 4.05. The Morgan fingerprint density at radius 3 is 2.57 bits per heavy atom. The Morgan fingerprint density at radius 1 is 1.29 bits per heavy atom. The van der Waals surface area contributed by atoms with Crippen LogP contribution in [0.1, 0.15) is 13.8 Å². The van der Waals surface area contributed by atoms with Crippen molar-refractivity contribution in [1.29, 1.82) is 0 Å². The van der Waals surface area contributed by atoms with E-state index < -0.39 is 18.2 Å². The highest BCUT2D eigenvalue weighted by molar-refractivity contribution is 4.94. The Labute approximate surface area is 82.3 Å².